The van der Waals surface area contributed by atoms with Gasteiger partial charge in [-0.2, -0.15) is 0 Å². The zero-order valence-corrected chi connectivity index (χ0v) is 10.3. The molecular formula is C13H18N2O2. The lowest BCUT2D eigenvalue weighted by molar-refractivity contribution is 0.0695. The number of nitrogens with zero attached hydrogens (tertiary/aromatic N) is 2. The van der Waals surface area contributed by atoms with Gasteiger partial charge in [-0.05, 0) is 38.3 Å². The maximum Gasteiger partial charge on any atom is 0.337 e. The minimum Gasteiger partial charge on any atom is -0.478 e. The summed E-state index contributed by atoms with van der Waals surface area (Å²) < 4.78 is 0. The predicted octanol–water partition coefficient (Wildman–Crippen LogP) is 2.47. The molecular weight excluding hydrogens is 216 g/mol. The number of hydrogen-bond acceptors (Lipinski definition) is 3. The van der Waals surface area contributed by atoms with Crippen LogP contribution in [0.4, 0.5) is 5.82 Å². The van der Waals surface area contributed by atoms with E-state index in [0.717, 1.165) is 18.8 Å². The Bertz CT molecular complexity index is 431. The molecule has 4 nitrogen and oxygen atoms in total. The fourth-order valence-corrected chi connectivity index (χ4v) is 2.50. The Morgan fingerprint density at radius 2 is 2.35 bits per heavy atom. The molecule has 17 heavy (non-hydrogen) atoms. The number of hydrogen-bond donors (Lipinski definition) is 1. The van der Waals surface area contributed by atoms with E-state index in [0.29, 0.717) is 17.3 Å². The number of aromatic carboxylic acids is 1. The highest BCUT2D eigenvalue weighted by molar-refractivity contribution is 5.89. The van der Waals surface area contributed by atoms with Crippen molar-refractivity contribution in [2.45, 2.75) is 39.2 Å². The van der Waals surface area contributed by atoms with Crippen LogP contribution in [0.1, 0.15) is 42.2 Å². The van der Waals surface area contributed by atoms with Gasteiger partial charge in [0.15, 0.2) is 0 Å². The number of carboxylic acid groups (broad SMARTS) is 1. The van der Waals surface area contributed by atoms with E-state index in [4.69, 9.17) is 5.11 Å². The van der Waals surface area contributed by atoms with Crippen LogP contribution in [-0.2, 0) is 0 Å². The number of aryl methyl sites for hydroxylation is 1. The van der Waals surface area contributed by atoms with Crippen molar-refractivity contribution in [1.29, 1.82) is 0 Å². The van der Waals surface area contributed by atoms with E-state index in [1.54, 1.807) is 13.0 Å². The zero-order valence-electron chi connectivity index (χ0n) is 10.3. The summed E-state index contributed by atoms with van der Waals surface area (Å²) in [5.74, 6) is 0.00636. The molecule has 0 aliphatic carbocycles. The first kappa shape index (κ1) is 11.9. The molecule has 4 heteroatoms. The SMILES string of the molecule is CCC1CCCN1c1ccc(C(=O)O)c(C)n1. The number of carboxylic acids is 1. The van der Waals surface area contributed by atoms with Crippen LogP contribution < -0.4 is 4.90 Å². The quantitative estimate of drug-likeness (QED) is 0.872. The van der Waals surface area contributed by atoms with Crippen molar-refractivity contribution >= 4 is 11.8 Å². The molecule has 1 aromatic rings. The Hall–Kier alpha value is -1.58. The van der Waals surface area contributed by atoms with Gasteiger partial charge in [-0.1, -0.05) is 6.92 Å². The van der Waals surface area contributed by atoms with Crippen LogP contribution in [-0.4, -0.2) is 28.6 Å². The first-order valence-corrected chi connectivity index (χ1v) is 6.11. The Morgan fingerprint density at radius 1 is 1.59 bits per heavy atom. The van der Waals surface area contributed by atoms with Gasteiger partial charge in [-0.25, -0.2) is 9.78 Å². The zero-order chi connectivity index (χ0) is 12.4. The summed E-state index contributed by atoms with van der Waals surface area (Å²) in [6.45, 7) is 4.96. The smallest absolute Gasteiger partial charge is 0.337 e. The summed E-state index contributed by atoms with van der Waals surface area (Å²) in [5, 5.41) is 8.97. The van der Waals surface area contributed by atoms with Crippen LogP contribution >= 0.6 is 0 Å². The van der Waals surface area contributed by atoms with Crippen LogP contribution in [0.5, 0.6) is 0 Å². The molecule has 0 aromatic carbocycles. The van der Waals surface area contributed by atoms with Gasteiger partial charge in [0, 0.05) is 12.6 Å². The second kappa shape index (κ2) is 4.73. The van der Waals surface area contributed by atoms with Gasteiger partial charge in [0.05, 0.1) is 11.3 Å². The van der Waals surface area contributed by atoms with Gasteiger partial charge in [0.25, 0.3) is 0 Å². The Labute approximate surface area is 101 Å². The lowest BCUT2D eigenvalue weighted by Crippen LogP contribution is -2.29. The van der Waals surface area contributed by atoms with Crippen molar-refractivity contribution in [3.63, 3.8) is 0 Å². The third kappa shape index (κ3) is 2.25. The number of anilines is 1. The number of rotatable bonds is 3. The highest BCUT2D eigenvalue weighted by Crippen LogP contribution is 2.26. The summed E-state index contributed by atoms with van der Waals surface area (Å²) in [7, 11) is 0. The second-order valence-electron chi connectivity index (χ2n) is 4.51. The fraction of sp³-hybridized carbons (Fsp3) is 0.538. The second-order valence-corrected chi connectivity index (χ2v) is 4.51. The van der Waals surface area contributed by atoms with Crippen molar-refractivity contribution in [3.05, 3.63) is 23.4 Å². The van der Waals surface area contributed by atoms with E-state index in [9.17, 15) is 4.79 Å². The third-order valence-electron chi connectivity index (χ3n) is 3.44. The summed E-state index contributed by atoms with van der Waals surface area (Å²) >= 11 is 0. The molecule has 1 fully saturated rings. The van der Waals surface area contributed by atoms with E-state index < -0.39 is 5.97 Å². The van der Waals surface area contributed by atoms with Crippen molar-refractivity contribution in [2.24, 2.45) is 0 Å². The average molecular weight is 234 g/mol. The van der Waals surface area contributed by atoms with E-state index in [1.807, 2.05) is 6.07 Å². The van der Waals surface area contributed by atoms with E-state index >= 15 is 0 Å². The van der Waals surface area contributed by atoms with Crippen LogP contribution in [0.2, 0.25) is 0 Å². The molecule has 1 aliphatic heterocycles. The first-order chi connectivity index (χ1) is 8.13. The molecule has 2 heterocycles. The van der Waals surface area contributed by atoms with Crippen molar-refractivity contribution in [3.8, 4) is 0 Å². The summed E-state index contributed by atoms with van der Waals surface area (Å²) in [4.78, 5) is 17.6. The third-order valence-corrected chi connectivity index (χ3v) is 3.44. The molecule has 1 aromatic heterocycles. The number of aromatic nitrogens is 1. The van der Waals surface area contributed by atoms with E-state index in [-0.39, 0.29) is 0 Å². The predicted molar refractivity (Wildman–Crippen MR) is 66.6 cm³/mol. The fourth-order valence-electron chi connectivity index (χ4n) is 2.50. The van der Waals surface area contributed by atoms with Gasteiger partial charge >= 0.3 is 5.97 Å². The molecule has 0 bridgehead atoms. The Balaban J connectivity index is 2.28. The Kier molecular flexibility index (Phi) is 3.31. The lowest BCUT2D eigenvalue weighted by atomic mass is 10.1. The Morgan fingerprint density at radius 3 is 2.94 bits per heavy atom. The van der Waals surface area contributed by atoms with Crippen molar-refractivity contribution in [1.82, 2.24) is 4.98 Å². The van der Waals surface area contributed by atoms with E-state index in [1.165, 1.54) is 12.8 Å². The monoisotopic (exact) mass is 234 g/mol. The molecule has 92 valence electrons. The van der Waals surface area contributed by atoms with Crippen LogP contribution in [0.15, 0.2) is 12.1 Å². The van der Waals surface area contributed by atoms with Gasteiger partial charge in [-0.15, -0.1) is 0 Å². The highest BCUT2D eigenvalue weighted by atomic mass is 16.4. The first-order valence-electron chi connectivity index (χ1n) is 6.11. The molecule has 0 radical (unpaired) electrons. The minimum atomic E-state index is -0.907. The molecule has 1 atom stereocenters. The molecule has 1 aliphatic rings. The van der Waals surface area contributed by atoms with Crippen LogP contribution in [0.3, 0.4) is 0 Å². The maximum atomic E-state index is 10.9. The van der Waals surface area contributed by atoms with Crippen molar-refractivity contribution in [2.75, 3.05) is 11.4 Å². The molecule has 2 rings (SSSR count). The maximum absolute atomic E-state index is 10.9. The summed E-state index contributed by atoms with van der Waals surface area (Å²) in [6.07, 6.45) is 3.51. The van der Waals surface area contributed by atoms with Gasteiger partial charge in [0.2, 0.25) is 0 Å². The number of pyridine rings is 1. The molecule has 0 amide bonds. The van der Waals surface area contributed by atoms with Gasteiger partial charge in [0.1, 0.15) is 5.82 Å². The van der Waals surface area contributed by atoms with Gasteiger partial charge < -0.3 is 10.0 Å². The summed E-state index contributed by atoms with van der Waals surface area (Å²) in [5.41, 5.74) is 0.887. The molecule has 1 unspecified atom stereocenters. The molecule has 0 saturated carbocycles. The highest BCUT2D eigenvalue weighted by Gasteiger charge is 2.24. The number of carbonyl (C=O) groups is 1. The molecule has 0 spiro atoms. The topological polar surface area (TPSA) is 53.4 Å². The normalized spacial score (nSPS) is 19.6. The van der Waals surface area contributed by atoms with Crippen LogP contribution in [0, 0.1) is 6.92 Å². The largest absolute Gasteiger partial charge is 0.478 e. The van der Waals surface area contributed by atoms with Crippen LogP contribution in [0.25, 0.3) is 0 Å². The van der Waals surface area contributed by atoms with Gasteiger partial charge in [-0.3, -0.25) is 0 Å². The molecule has 1 saturated heterocycles. The molecule has 1 N–H and O–H groups in total. The van der Waals surface area contributed by atoms with E-state index in [2.05, 4.69) is 16.8 Å². The summed E-state index contributed by atoms with van der Waals surface area (Å²) in [6, 6.07) is 4.03. The lowest BCUT2D eigenvalue weighted by Gasteiger charge is -2.25. The van der Waals surface area contributed by atoms with Crippen molar-refractivity contribution < 1.29 is 9.90 Å². The minimum absolute atomic E-state index is 0.293. The standard InChI is InChI=1S/C13H18N2O2/c1-3-10-5-4-8-15(10)12-7-6-11(13(16)17)9(2)14-12/h6-7,10H,3-5,8H2,1-2H3,(H,16,17). The average Bonchev–Trinajstić information content (AvgIpc) is 2.76.